The van der Waals surface area contributed by atoms with Crippen molar-refractivity contribution >= 4 is 22.6 Å². The minimum Gasteiger partial charge on any atom is -0.387 e. The number of aromatic amines is 1. The number of alkyl halides is 1. The molecule has 8 heteroatoms. The van der Waals surface area contributed by atoms with Crippen molar-refractivity contribution in [1.29, 1.82) is 0 Å². The highest BCUT2D eigenvalue weighted by molar-refractivity contribution is 14.1. The molecule has 2 rings (SSSR count). The summed E-state index contributed by atoms with van der Waals surface area (Å²) in [5.41, 5.74) is -2.81. The molecule has 1 aliphatic heterocycles. The predicted molar refractivity (Wildman–Crippen MR) is 70.8 cm³/mol. The van der Waals surface area contributed by atoms with Crippen molar-refractivity contribution in [2.45, 2.75) is 31.0 Å². The van der Waals surface area contributed by atoms with Crippen molar-refractivity contribution in [3.8, 4) is 0 Å². The molecular formula is C10H13IN2O5. The lowest BCUT2D eigenvalue weighted by Gasteiger charge is -2.27. The SMILES string of the molecule is C[C@@]1(O)[C@H](O)C(CI)O[C@H]1n1ccc(=O)[nH]c1=O. The van der Waals surface area contributed by atoms with E-state index >= 15 is 0 Å². The Kier molecular flexibility index (Phi) is 3.63. The quantitative estimate of drug-likeness (QED) is 0.458. The van der Waals surface area contributed by atoms with Crippen LogP contribution in [0.25, 0.3) is 0 Å². The fraction of sp³-hybridized carbons (Fsp3) is 0.600. The Labute approximate surface area is 116 Å². The van der Waals surface area contributed by atoms with E-state index in [9.17, 15) is 19.8 Å². The molecule has 1 unspecified atom stereocenters. The van der Waals surface area contributed by atoms with Crippen molar-refractivity contribution < 1.29 is 14.9 Å². The molecule has 4 atom stereocenters. The maximum atomic E-state index is 11.6. The van der Waals surface area contributed by atoms with Gasteiger partial charge in [0.1, 0.15) is 11.7 Å². The second kappa shape index (κ2) is 4.76. The first-order valence-corrected chi connectivity index (χ1v) is 6.84. The van der Waals surface area contributed by atoms with E-state index in [0.29, 0.717) is 4.43 Å². The fourth-order valence-electron chi connectivity index (χ4n) is 1.98. The highest BCUT2D eigenvalue weighted by atomic mass is 127. The zero-order valence-corrected chi connectivity index (χ0v) is 11.7. The van der Waals surface area contributed by atoms with Gasteiger partial charge in [0.25, 0.3) is 5.56 Å². The van der Waals surface area contributed by atoms with E-state index in [1.807, 2.05) is 22.6 Å². The zero-order valence-electron chi connectivity index (χ0n) is 9.54. The van der Waals surface area contributed by atoms with E-state index in [-0.39, 0.29) is 0 Å². The van der Waals surface area contributed by atoms with Crippen molar-refractivity contribution in [2.24, 2.45) is 0 Å². The van der Waals surface area contributed by atoms with E-state index in [1.165, 1.54) is 13.1 Å². The molecule has 7 nitrogen and oxygen atoms in total. The molecule has 1 aromatic heterocycles. The molecule has 0 saturated carbocycles. The zero-order chi connectivity index (χ0) is 13.5. The summed E-state index contributed by atoms with van der Waals surface area (Å²) >= 11 is 2.02. The molecule has 1 saturated heterocycles. The molecule has 0 bridgehead atoms. The van der Waals surface area contributed by atoms with Gasteiger partial charge in [-0.15, -0.1) is 0 Å². The lowest BCUT2D eigenvalue weighted by molar-refractivity contribution is -0.0969. The number of rotatable bonds is 2. The summed E-state index contributed by atoms with van der Waals surface area (Å²) in [5, 5.41) is 20.2. The van der Waals surface area contributed by atoms with Gasteiger partial charge < -0.3 is 14.9 Å². The molecule has 1 aliphatic rings. The van der Waals surface area contributed by atoms with Crippen molar-refractivity contribution in [1.82, 2.24) is 9.55 Å². The van der Waals surface area contributed by atoms with Gasteiger partial charge in [0, 0.05) is 16.7 Å². The summed E-state index contributed by atoms with van der Waals surface area (Å²) in [5.74, 6) is 0. The summed E-state index contributed by atoms with van der Waals surface area (Å²) in [6, 6.07) is 1.16. The standard InChI is InChI=1S/C10H13IN2O5/c1-10(17)7(15)5(4-11)18-8(10)13-3-2-6(14)12-9(13)16/h2-3,5,7-8,15,17H,4H2,1H3,(H,12,14,16)/t5?,7-,8-,10-/m1/s1. The Morgan fingerprint density at radius 1 is 1.61 bits per heavy atom. The molecule has 0 spiro atoms. The number of aromatic nitrogens is 2. The minimum atomic E-state index is -1.60. The van der Waals surface area contributed by atoms with Gasteiger partial charge in [-0.1, -0.05) is 22.6 Å². The van der Waals surface area contributed by atoms with Crippen LogP contribution in [0.1, 0.15) is 13.2 Å². The first kappa shape index (κ1) is 13.7. The average Bonchev–Trinajstić information content (AvgIpc) is 2.52. The normalized spacial score (nSPS) is 35.9. The molecule has 100 valence electrons. The summed E-state index contributed by atoms with van der Waals surface area (Å²) in [4.78, 5) is 24.7. The van der Waals surface area contributed by atoms with Crippen LogP contribution in [-0.2, 0) is 4.74 Å². The third-order valence-corrected chi connectivity index (χ3v) is 3.88. The van der Waals surface area contributed by atoms with Gasteiger partial charge in [0.15, 0.2) is 6.23 Å². The molecule has 1 fully saturated rings. The summed E-state index contributed by atoms with van der Waals surface area (Å²) in [6.45, 7) is 1.40. The first-order chi connectivity index (χ1) is 8.37. The van der Waals surface area contributed by atoms with Crippen LogP contribution in [0.2, 0.25) is 0 Å². The Bertz CT molecular complexity index is 552. The molecule has 0 aliphatic carbocycles. The number of halogens is 1. The minimum absolute atomic E-state index is 0.476. The fourth-order valence-corrected chi connectivity index (χ4v) is 2.67. The van der Waals surface area contributed by atoms with Crippen LogP contribution in [0.15, 0.2) is 21.9 Å². The average molecular weight is 368 g/mol. The number of aliphatic hydroxyl groups is 2. The molecular weight excluding hydrogens is 355 g/mol. The highest BCUT2D eigenvalue weighted by Crippen LogP contribution is 2.37. The van der Waals surface area contributed by atoms with E-state index in [2.05, 4.69) is 4.98 Å². The highest BCUT2D eigenvalue weighted by Gasteiger charge is 2.52. The Morgan fingerprint density at radius 3 is 2.78 bits per heavy atom. The number of hydrogen-bond donors (Lipinski definition) is 3. The largest absolute Gasteiger partial charge is 0.387 e. The molecule has 1 aromatic rings. The lowest BCUT2D eigenvalue weighted by Crippen LogP contribution is -2.46. The van der Waals surface area contributed by atoms with Gasteiger partial charge >= 0.3 is 5.69 Å². The molecule has 0 aromatic carbocycles. The Balaban J connectivity index is 2.45. The molecule has 18 heavy (non-hydrogen) atoms. The van der Waals surface area contributed by atoms with Gasteiger partial charge in [-0.05, 0) is 6.92 Å². The van der Waals surface area contributed by atoms with Gasteiger partial charge in [-0.3, -0.25) is 14.3 Å². The molecule has 3 N–H and O–H groups in total. The Hall–Kier alpha value is -0.710. The van der Waals surface area contributed by atoms with Gasteiger partial charge in [0.2, 0.25) is 0 Å². The van der Waals surface area contributed by atoms with Crippen molar-refractivity contribution in [3.63, 3.8) is 0 Å². The van der Waals surface area contributed by atoms with Crippen LogP contribution < -0.4 is 11.2 Å². The van der Waals surface area contributed by atoms with Gasteiger partial charge in [-0.2, -0.15) is 0 Å². The number of nitrogens with one attached hydrogen (secondary N) is 1. The number of nitrogens with zero attached hydrogens (tertiary/aromatic N) is 1. The van der Waals surface area contributed by atoms with Crippen LogP contribution >= 0.6 is 22.6 Å². The van der Waals surface area contributed by atoms with Crippen LogP contribution in [0.4, 0.5) is 0 Å². The van der Waals surface area contributed by atoms with Crippen LogP contribution in [-0.4, -0.2) is 42.0 Å². The third-order valence-electron chi connectivity index (χ3n) is 3.01. The number of aliphatic hydroxyl groups excluding tert-OH is 1. The number of H-pyrrole nitrogens is 1. The van der Waals surface area contributed by atoms with Crippen LogP contribution in [0.5, 0.6) is 0 Å². The number of hydrogen-bond acceptors (Lipinski definition) is 5. The van der Waals surface area contributed by atoms with E-state index in [0.717, 1.165) is 10.6 Å². The topological polar surface area (TPSA) is 105 Å². The first-order valence-electron chi connectivity index (χ1n) is 5.31. The smallest absolute Gasteiger partial charge is 0.330 e. The van der Waals surface area contributed by atoms with Crippen molar-refractivity contribution in [3.05, 3.63) is 33.1 Å². The van der Waals surface area contributed by atoms with Crippen LogP contribution in [0.3, 0.4) is 0 Å². The second-order valence-electron chi connectivity index (χ2n) is 4.37. The number of ether oxygens (including phenoxy) is 1. The summed E-state index contributed by atoms with van der Waals surface area (Å²) in [6.07, 6.45) is -1.46. The monoisotopic (exact) mass is 368 g/mol. The molecule has 0 radical (unpaired) electrons. The second-order valence-corrected chi connectivity index (χ2v) is 5.25. The van der Waals surface area contributed by atoms with Gasteiger partial charge in [-0.25, -0.2) is 4.79 Å². The van der Waals surface area contributed by atoms with E-state index < -0.39 is 35.3 Å². The maximum Gasteiger partial charge on any atom is 0.330 e. The molecule has 0 amide bonds. The summed E-state index contributed by atoms with van der Waals surface area (Å²) < 4.78 is 7.02. The van der Waals surface area contributed by atoms with Gasteiger partial charge in [0.05, 0.1) is 6.10 Å². The van der Waals surface area contributed by atoms with Crippen molar-refractivity contribution in [2.75, 3.05) is 4.43 Å². The maximum absolute atomic E-state index is 11.6. The van der Waals surface area contributed by atoms with E-state index in [4.69, 9.17) is 4.74 Å². The molecule has 2 heterocycles. The summed E-state index contributed by atoms with van der Waals surface area (Å²) in [7, 11) is 0. The third kappa shape index (κ3) is 2.13. The van der Waals surface area contributed by atoms with E-state index in [1.54, 1.807) is 0 Å². The lowest BCUT2D eigenvalue weighted by atomic mass is 9.97. The van der Waals surface area contributed by atoms with Crippen LogP contribution in [0, 0.1) is 0 Å². The predicted octanol–water partition coefficient (Wildman–Crippen LogP) is -1.02. The Morgan fingerprint density at radius 2 is 2.28 bits per heavy atom.